The Kier molecular flexibility index (Phi) is 11.3. The molecule has 0 fully saturated rings. The number of benzene rings is 3. The van der Waals surface area contributed by atoms with E-state index in [2.05, 4.69) is 20.5 Å². The quantitative estimate of drug-likeness (QED) is 0.105. The standard InChI is InChI=1S/C40H47ClN6O6/c1-22(2)23(3)38(48)42-24(4)39(49)44-29-10-8-26(9-11-29)21-52-34-18-33-35(36-37(34)53-25(5)43-36)28(19-41)20-47(33)40(50)32-17-27-16-30(12-13-31(27)45-32)51-15-14-46(6)7/h8-13,16-18,22-24,28,45H,14-15,19-21H2,1-7H3,(H,42,48)(H,44,49)/t23-,24-,28?/m0/s1. The van der Waals surface area contributed by atoms with Gasteiger partial charge in [0.25, 0.3) is 5.91 Å². The first kappa shape index (κ1) is 37.7. The minimum atomic E-state index is -0.689. The molecule has 0 radical (unpaired) electrons. The second-order valence-corrected chi connectivity index (χ2v) is 14.6. The molecule has 12 nitrogen and oxygen atoms in total. The number of H-pyrrole nitrogens is 1. The van der Waals surface area contributed by atoms with Gasteiger partial charge in [-0.1, -0.05) is 32.9 Å². The second-order valence-electron chi connectivity index (χ2n) is 14.3. The molecule has 0 saturated carbocycles. The van der Waals surface area contributed by atoms with E-state index in [1.165, 1.54) is 0 Å². The van der Waals surface area contributed by atoms with Crippen LogP contribution in [0.15, 0.2) is 59.0 Å². The zero-order valence-corrected chi connectivity index (χ0v) is 32.0. The van der Waals surface area contributed by atoms with Crippen LogP contribution in [0.2, 0.25) is 0 Å². The third-order valence-electron chi connectivity index (χ3n) is 9.70. The molecule has 3 heterocycles. The Morgan fingerprint density at radius 3 is 2.49 bits per heavy atom. The van der Waals surface area contributed by atoms with Crippen LogP contribution in [0.1, 0.15) is 61.1 Å². The lowest BCUT2D eigenvalue weighted by Crippen LogP contribution is -2.44. The van der Waals surface area contributed by atoms with E-state index in [9.17, 15) is 14.4 Å². The van der Waals surface area contributed by atoms with Gasteiger partial charge in [0.05, 0.1) is 5.69 Å². The first-order chi connectivity index (χ1) is 25.3. The van der Waals surface area contributed by atoms with Crippen molar-refractivity contribution in [3.05, 3.63) is 77.3 Å². The minimum absolute atomic E-state index is 0.156. The average Bonchev–Trinajstić information content (AvgIpc) is 3.84. The van der Waals surface area contributed by atoms with Gasteiger partial charge in [-0.3, -0.25) is 14.4 Å². The number of alkyl halides is 1. The number of aryl methyl sites for hydroxylation is 1. The van der Waals surface area contributed by atoms with E-state index in [1.807, 2.05) is 77.3 Å². The number of aromatic amines is 1. The molecule has 1 aliphatic rings. The lowest BCUT2D eigenvalue weighted by Gasteiger charge is -2.19. The van der Waals surface area contributed by atoms with Gasteiger partial charge in [-0.15, -0.1) is 11.6 Å². The smallest absolute Gasteiger partial charge is 0.274 e. The predicted octanol–water partition coefficient (Wildman–Crippen LogP) is 6.86. The summed E-state index contributed by atoms with van der Waals surface area (Å²) in [6.45, 7) is 11.1. The van der Waals surface area contributed by atoms with Crippen LogP contribution < -0.4 is 25.0 Å². The number of aromatic nitrogens is 2. The van der Waals surface area contributed by atoms with E-state index in [4.69, 9.17) is 30.5 Å². The van der Waals surface area contributed by atoms with Crippen LogP contribution in [0, 0.1) is 18.8 Å². The van der Waals surface area contributed by atoms with Crippen LogP contribution in [-0.2, 0) is 16.2 Å². The number of ether oxygens (including phenoxy) is 2. The van der Waals surface area contributed by atoms with Crippen LogP contribution in [0.4, 0.5) is 11.4 Å². The third kappa shape index (κ3) is 8.29. The number of carbonyl (C=O) groups is 3. The SMILES string of the molecule is Cc1nc2c3c(cc(OCc4ccc(NC(=O)[C@H](C)NC(=O)[C@@H](C)C(C)C)cc4)c2o1)N(C(=O)c1cc2cc(OCCN(C)C)ccc2[nH]1)CC3CCl. The van der Waals surface area contributed by atoms with Crippen molar-refractivity contribution in [2.75, 3.05) is 49.9 Å². The lowest BCUT2D eigenvalue weighted by atomic mass is 9.97. The van der Waals surface area contributed by atoms with Crippen LogP contribution in [0.25, 0.3) is 22.0 Å². The molecule has 280 valence electrons. The zero-order chi connectivity index (χ0) is 38.0. The van der Waals surface area contributed by atoms with Crippen molar-refractivity contribution in [1.82, 2.24) is 20.2 Å². The zero-order valence-electron chi connectivity index (χ0n) is 31.2. The van der Waals surface area contributed by atoms with Gasteiger partial charge in [0.2, 0.25) is 11.8 Å². The molecule has 3 atom stereocenters. The summed E-state index contributed by atoms with van der Waals surface area (Å²) in [5, 5.41) is 6.51. The van der Waals surface area contributed by atoms with E-state index in [-0.39, 0.29) is 42.1 Å². The average molecular weight is 743 g/mol. The summed E-state index contributed by atoms with van der Waals surface area (Å²) in [6.07, 6.45) is 0. The normalized spacial score (nSPS) is 15.2. The van der Waals surface area contributed by atoms with E-state index in [1.54, 1.807) is 30.9 Å². The van der Waals surface area contributed by atoms with Crippen molar-refractivity contribution in [3.8, 4) is 11.5 Å². The van der Waals surface area contributed by atoms with Gasteiger partial charge in [0.1, 0.15) is 36.2 Å². The summed E-state index contributed by atoms with van der Waals surface area (Å²) in [7, 11) is 3.99. The highest BCUT2D eigenvalue weighted by molar-refractivity contribution is 6.19. The number of oxazole rings is 1. The molecule has 13 heteroatoms. The highest BCUT2D eigenvalue weighted by Gasteiger charge is 2.37. The monoisotopic (exact) mass is 742 g/mol. The number of nitrogens with one attached hydrogen (secondary N) is 3. The fourth-order valence-corrected chi connectivity index (χ4v) is 6.49. The highest BCUT2D eigenvalue weighted by Crippen LogP contribution is 2.46. The molecule has 3 N–H and O–H groups in total. The minimum Gasteiger partial charge on any atom is -0.492 e. The van der Waals surface area contributed by atoms with Gasteiger partial charge in [-0.05, 0) is 68.9 Å². The van der Waals surface area contributed by atoms with Crippen LogP contribution in [0.3, 0.4) is 0 Å². The molecule has 1 aliphatic heterocycles. The van der Waals surface area contributed by atoms with Gasteiger partial charge >= 0.3 is 0 Å². The summed E-state index contributed by atoms with van der Waals surface area (Å²) in [6, 6.07) is 16.0. The number of fused-ring (bicyclic) bond motifs is 4. The molecular weight excluding hydrogens is 696 g/mol. The summed E-state index contributed by atoms with van der Waals surface area (Å²) in [4.78, 5) is 51.1. The largest absolute Gasteiger partial charge is 0.492 e. The van der Waals surface area contributed by atoms with E-state index >= 15 is 0 Å². The van der Waals surface area contributed by atoms with Gasteiger partial charge in [-0.2, -0.15) is 0 Å². The fraction of sp³-hybridized carbons (Fsp3) is 0.400. The van der Waals surface area contributed by atoms with Crippen molar-refractivity contribution in [2.45, 2.75) is 53.2 Å². The molecule has 0 bridgehead atoms. The Balaban J connectivity index is 1.18. The molecular formula is C40H47ClN6O6. The van der Waals surface area contributed by atoms with Crippen LogP contribution >= 0.6 is 11.6 Å². The predicted molar refractivity (Wildman–Crippen MR) is 207 cm³/mol. The molecule has 0 saturated heterocycles. The third-order valence-corrected chi connectivity index (χ3v) is 10.1. The molecule has 0 aliphatic carbocycles. The van der Waals surface area contributed by atoms with Gasteiger partial charge < -0.3 is 39.3 Å². The first-order valence-corrected chi connectivity index (χ1v) is 18.4. The molecule has 3 amide bonds. The van der Waals surface area contributed by atoms with Gasteiger partial charge in [0, 0.05) is 65.9 Å². The maximum atomic E-state index is 14.1. The second kappa shape index (κ2) is 15.9. The molecule has 5 aromatic rings. The molecule has 3 aromatic carbocycles. The van der Waals surface area contributed by atoms with Gasteiger partial charge in [-0.25, -0.2) is 4.98 Å². The number of amides is 3. The number of hydrogen-bond donors (Lipinski definition) is 3. The topological polar surface area (TPSA) is 142 Å². The molecule has 6 rings (SSSR count). The number of nitrogens with zero attached hydrogens (tertiary/aromatic N) is 3. The summed E-state index contributed by atoms with van der Waals surface area (Å²) >= 11 is 6.49. The van der Waals surface area contributed by atoms with Crippen LogP contribution in [0.5, 0.6) is 11.5 Å². The van der Waals surface area contributed by atoms with Crippen molar-refractivity contribution < 1.29 is 28.3 Å². The highest BCUT2D eigenvalue weighted by atomic mass is 35.5. The van der Waals surface area contributed by atoms with E-state index < -0.39 is 6.04 Å². The van der Waals surface area contributed by atoms with Crippen LogP contribution in [-0.4, -0.2) is 78.3 Å². The maximum absolute atomic E-state index is 14.1. The summed E-state index contributed by atoms with van der Waals surface area (Å²) < 4.78 is 18.3. The maximum Gasteiger partial charge on any atom is 0.274 e. The number of likely N-dealkylation sites (N-methyl/N-ethyl adjacent to an activating group) is 1. The first-order valence-electron chi connectivity index (χ1n) is 17.9. The Morgan fingerprint density at radius 2 is 1.79 bits per heavy atom. The Hall–Kier alpha value is -5.07. The number of halogens is 1. The summed E-state index contributed by atoms with van der Waals surface area (Å²) in [5.74, 6) is 1.10. The van der Waals surface area contributed by atoms with Crippen molar-refractivity contribution in [1.29, 1.82) is 0 Å². The van der Waals surface area contributed by atoms with Crippen molar-refractivity contribution in [2.24, 2.45) is 11.8 Å². The number of carbonyl (C=O) groups excluding carboxylic acids is 3. The molecule has 0 spiro atoms. The van der Waals surface area contributed by atoms with Gasteiger partial charge in [0.15, 0.2) is 17.2 Å². The van der Waals surface area contributed by atoms with Crippen molar-refractivity contribution >= 4 is 62.7 Å². The number of hydrogen-bond acceptors (Lipinski definition) is 8. The number of anilines is 2. The molecule has 53 heavy (non-hydrogen) atoms. The lowest BCUT2D eigenvalue weighted by molar-refractivity contribution is -0.129. The summed E-state index contributed by atoms with van der Waals surface area (Å²) in [5.41, 5.74) is 5.34. The Labute approximate surface area is 314 Å². The van der Waals surface area contributed by atoms with Crippen molar-refractivity contribution in [3.63, 3.8) is 0 Å². The fourth-order valence-electron chi connectivity index (χ4n) is 6.24. The Morgan fingerprint density at radius 1 is 1.04 bits per heavy atom. The van der Waals surface area contributed by atoms with E-state index in [0.717, 1.165) is 34.3 Å². The molecule has 2 aromatic heterocycles. The number of rotatable bonds is 14. The van der Waals surface area contributed by atoms with E-state index in [0.29, 0.717) is 58.8 Å². The Bertz CT molecular complexity index is 2120. The molecule has 1 unspecified atom stereocenters.